The molecular formula is C12H11NO3. The summed E-state index contributed by atoms with van der Waals surface area (Å²) in [5.74, 6) is -1.28. The van der Waals surface area contributed by atoms with Gasteiger partial charge in [0.1, 0.15) is 0 Å². The summed E-state index contributed by atoms with van der Waals surface area (Å²) in [4.78, 5) is 26.7. The summed E-state index contributed by atoms with van der Waals surface area (Å²) in [7, 11) is 0. The smallest absolute Gasteiger partial charge is 0.328 e. The number of allylic oxidation sites excluding steroid dienone is 1. The molecule has 0 atom stereocenters. The zero-order chi connectivity index (χ0) is 11.5. The summed E-state index contributed by atoms with van der Waals surface area (Å²) in [6.07, 6.45) is 4.64. The molecule has 0 bridgehead atoms. The Balaban J connectivity index is 2.45. The van der Waals surface area contributed by atoms with Crippen LogP contribution in [0.15, 0.2) is 30.0 Å². The predicted molar refractivity (Wildman–Crippen MR) is 57.2 cm³/mol. The van der Waals surface area contributed by atoms with Gasteiger partial charge in [0.2, 0.25) is 0 Å². The second-order valence-electron chi connectivity index (χ2n) is 3.69. The Morgan fingerprint density at radius 1 is 1.44 bits per heavy atom. The third-order valence-corrected chi connectivity index (χ3v) is 2.58. The van der Waals surface area contributed by atoms with Crippen molar-refractivity contribution in [3.63, 3.8) is 0 Å². The topological polar surface area (TPSA) is 67.3 Å². The molecule has 1 aliphatic carbocycles. The van der Waals surface area contributed by atoms with E-state index >= 15 is 0 Å². The summed E-state index contributed by atoms with van der Waals surface area (Å²) >= 11 is 0. The summed E-state index contributed by atoms with van der Waals surface area (Å²) < 4.78 is 0. The molecule has 0 aliphatic heterocycles. The van der Waals surface area contributed by atoms with Gasteiger partial charge in [0.15, 0.2) is 5.78 Å². The van der Waals surface area contributed by atoms with Crippen molar-refractivity contribution in [3.8, 4) is 0 Å². The Morgan fingerprint density at radius 2 is 2.25 bits per heavy atom. The second kappa shape index (κ2) is 4.26. The maximum atomic E-state index is 12.0. The van der Waals surface area contributed by atoms with Crippen molar-refractivity contribution in [2.75, 3.05) is 0 Å². The van der Waals surface area contributed by atoms with Gasteiger partial charge in [-0.05, 0) is 31.4 Å². The van der Waals surface area contributed by atoms with Crippen molar-refractivity contribution >= 4 is 11.8 Å². The first-order valence-electron chi connectivity index (χ1n) is 5.10. The Bertz CT molecular complexity index is 477. The van der Waals surface area contributed by atoms with Crippen molar-refractivity contribution in [3.05, 3.63) is 41.2 Å². The van der Waals surface area contributed by atoms with Gasteiger partial charge in [-0.2, -0.15) is 0 Å². The fraction of sp³-hybridized carbons (Fsp3) is 0.250. The molecule has 0 saturated carbocycles. The van der Waals surface area contributed by atoms with Crippen LogP contribution in [0.1, 0.15) is 28.9 Å². The van der Waals surface area contributed by atoms with Crippen LogP contribution in [-0.4, -0.2) is 21.8 Å². The molecule has 1 heterocycles. The number of aliphatic carboxylic acids is 1. The number of pyridine rings is 1. The molecule has 82 valence electrons. The molecule has 1 aromatic heterocycles. The van der Waals surface area contributed by atoms with Crippen LogP contribution in [0.4, 0.5) is 0 Å². The summed E-state index contributed by atoms with van der Waals surface area (Å²) in [6, 6.07) is 3.39. The van der Waals surface area contributed by atoms with E-state index in [1.165, 1.54) is 0 Å². The monoisotopic (exact) mass is 217 g/mol. The highest BCUT2D eigenvalue weighted by molar-refractivity contribution is 6.11. The quantitative estimate of drug-likeness (QED) is 0.573. The Labute approximate surface area is 92.6 Å². The maximum absolute atomic E-state index is 12.0. The zero-order valence-corrected chi connectivity index (χ0v) is 8.64. The van der Waals surface area contributed by atoms with Gasteiger partial charge in [0.05, 0.1) is 5.69 Å². The van der Waals surface area contributed by atoms with E-state index in [4.69, 9.17) is 5.11 Å². The average molecular weight is 217 g/mol. The van der Waals surface area contributed by atoms with Crippen LogP contribution >= 0.6 is 0 Å². The van der Waals surface area contributed by atoms with E-state index in [-0.39, 0.29) is 5.78 Å². The van der Waals surface area contributed by atoms with Crippen LogP contribution in [0.3, 0.4) is 0 Å². The van der Waals surface area contributed by atoms with Gasteiger partial charge in [-0.3, -0.25) is 9.78 Å². The molecule has 0 radical (unpaired) electrons. The van der Waals surface area contributed by atoms with Crippen molar-refractivity contribution in [1.29, 1.82) is 0 Å². The van der Waals surface area contributed by atoms with E-state index in [1.54, 1.807) is 18.3 Å². The number of carbonyl (C=O) groups is 2. The molecule has 0 fully saturated rings. The number of hydrogen-bond acceptors (Lipinski definition) is 3. The van der Waals surface area contributed by atoms with E-state index in [0.29, 0.717) is 17.6 Å². The van der Waals surface area contributed by atoms with E-state index in [9.17, 15) is 9.59 Å². The average Bonchev–Trinajstić information content (AvgIpc) is 2.40. The predicted octanol–water partition coefficient (Wildman–Crippen LogP) is 1.61. The van der Waals surface area contributed by atoms with Crippen molar-refractivity contribution in [1.82, 2.24) is 4.98 Å². The molecule has 0 aromatic carbocycles. The molecule has 4 nitrogen and oxygen atoms in total. The third-order valence-electron chi connectivity index (χ3n) is 2.58. The first-order valence-corrected chi connectivity index (χ1v) is 5.10. The number of Topliss-reactive ketones (excluding diaryl/α,β-unsaturated/α-hetero) is 1. The minimum absolute atomic E-state index is 0.206. The molecule has 2 rings (SSSR count). The van der Waals surface area contributed by atoms with Gasteiger partial charge >= 0.3 is 5.97 Å². The first kappa shape index (κ1) is 10.5. The number of aryl methyl sites for hydroxylation is 1. The highest BCUT2D eigenvalue weighted by Gasteiger charge is 2.20. The highest BCUT2D eigenvalue weighted by atomic mass is 16.4. The summed E-state index contributed by atoms with van der Waals surface area (Å²) in [5.41, 5.74) is 1.66. The molecule has 0 spiro atoms. The Kier molecular flexibility index (Phi) is 2.81. The Morgan fingerprint density at radius 3 is 3.00 bits per heavy atom. The lowest BCUT2D eigenvalue weighted by Gasteiger charge is -2.02. The number of hydrogen-bond donors (Lipinski definition) is 1. The number of carboxylic acid groups (broad SMARTS) is 1. The van der Waals surface area contributed by atoms with Crippen LogP contribution in [0.2, 0.25) is 0 Å². The lowest BCUT2D eigenvalue weighted by Crippen LogP contribution is -2.06. The zero-order valence-electron chi connectivity index (χ0n) is 8.64. The summed E-state index contributed by atoms with van der Waals surface area (Å²) in [6.45, 7) is 0. The fourth-order valence-electron chi connectivity index (χ4n) is 1.86. The third kappa shape index (κ3) is 2.00. The van der Waals surface area contributed by atoms with E-state index in [0.717, 1.165) is 24.6 Å². The van der Waals surface area contributed by atoms with Crippen molar-refractivity contribution in [2.24, 2.45) is 0 Å². The molecule has 1 N–H and O–H groups in total. The Hall–Kier alpha value is -1.97. The van der Waals surface area contributed by atoms with Crippen LogP contribution in [-0.2, 0) is 11.2 Å². The lowest BCUT2D eigenvalue weighted by atomic mass is 10.0. The maximum Gasteiger partial charge on any atom is 0.328 e. The molecule has 0 unspecified atom stereocenters. The van der Waals surface area contributed by atoms with E-state index in [2.05, 4.69) is 4.98 Å². The SMILES string of the molecule is O=C(O)/C=C1/CCCc2ncccc2C1=O. The summed E-state index contributed by atoms with van der Waals surface area (Å²) in [5, 5.41) is 8.68. The van der Waals surface area contributed by atoms with Crippen LogP contribution in [0, 0.1) is 0 Å². The molecule has 16 heavy (non-hydrogen) atoms. The van der Waals surface area contributed by atoms with Crippen LogP contribution < -0.4 is 0 Å². The molecule has 4 heteroatoms. The van der Waals surface area contributed by atoms with Crippen molar-refractivity contribution in [2.45, 2.75) is 19.3 Å². The minimum Gasteiger partial charge on any atom is -0.478 e. The number of carbonyl (C=O) groups excluding carboxylic acids is 1. The van der Waals surface area contributed by atoms with Gasteiger partial charge in [-0.15, -0.1) is 0 Å². The number of carboxylic acids is 1. The molecular weight excluding hydrogens is 206 g/mol. The molecule has 1 aromatic rings. The molecule has 0 saturated heterocycles. The number of aromatic nitrogens is 1. The minimum atomic E-state index is -1.07. The largest absolute Gasteiger partial charge is 0.478 e. The fourth-order valence-corrected chi connectivity index (χ4v) is 1.86. The highest BCUT2D eigenvalue weighted by Crippen LogP contribution is 2.22. The van der Waals surface area contributed by atoms with Crippen molar-refractivity contribution < 1.29 is 14.7 Å². The van der Waals surface area contributed by atoms with Gasteiger partial charge in [0.25, 0.3) is 0 Å². The van der Waals surface area contributed by atoms with Gasteiger partial charge in [0, 0.05) is 23.4 Å². The van der Waals surface area contributed by atoms with E-state index < -0.39 is 5.97 Å². The lowest BCUT2D eigenvalue weighted by molar-refractivity contribution is -0.131. The second-order valence-corrected chi connectivity index (χ2v) is 3.69. The number of fused-ring (bicyclic) bond motifs is 1. The van der Waals surface area contributed by atoms with Crippen LogP contribution in [0.5, 0.6) is 0 Å². The number of nitrogens with zero attached hydrogens (tertiary/aromatic N) is 1. The number of rotatable bonds is 1. The van der Waals surface area contributed by atoms with Gasteiger partial charge < -0.3 is 5.11 Å². The standard InChI is InChI=1S/C12H11NO3/c14-11(15)7-8-3-1-5-10-9(12(8)16)4-2-6-13-10/h2,4,6-7H,1,3,5H2,(H,14,15)/b8-7-. The molecule has 0 amide bonds. The first-order chi connectivity index (χ1) is 7.68. The number of ketones is 1. The van der Waals surface area contributed by atoms with Gasteiger partial charge in [-0.25, -0.2) is 4.79 Å². The van der Waals surface area contributed by atoms with Crippen LogP contribution in [0.25, 0.3) is 0 Å². The normalized spacial score (nSPS) is 18.0. The molecule has 1 aliphatic rings. The van der Waals surface area contributed by atoms with Gasteiger partial charge in [-0.1, -0.05) is 0 Å². The van der Waals surface area contributed by atoms with E-state index in [1.807, 2.05) is 0 Å².